The first-order valence-electron chi connectivity index (χ1n) is 5.47. The molecule has 1 amide bonds. The molecule has 0 bridgehead atoms. The maximum absolute atomic E-state index is 11.2. The second-order valence-electron chi connectivity index (χ2n) is 4.09. The Morgan fingerprint density at radius 3 is 2.50 bits per heavy atom. The first-order chi connectivity index (χ1) is 8.59. The molecule has 0 saturated carbocycles. The van der Waals surface area contributed by atoms with E-state index in [1.807, 2.05) is 31.1 Å². The van der Waals surface area contributed by atoms with Crippen molar-refractivity contribution < 1.29 is 4.79 Å². The summed E-state index contributed by atoms with van der Waals surface area (Å²) < 4.78 is 0. The number of anilines is 1. The number of nitrogens with two attached hydrogens (primary N) is 1. The average Bonchev–Trinajstić information content (AvgIpc) is 2.39. The van der Waals surface area contributed by atoms with E-state index in [1.54, 1.807) is 18.5 Å². The highest BCUT2D eigenvalue weighted by atomic mass is 16.1. The molecule has 0 spiro atoms. The Balaban J connectivity index is 2.61. The third kappa shape index (κ3) is 2.29. The highest BCUT2D eigenvalue weighted by molar-refractivity contribution is 5.95. The van der Waals surface area contributed by atoms with Crippen molar-refractivity contribution in [2.75, 3.05) is 19.0 Å². The van der Waals surface area contributed by atoms with Gasteiger partial charge in [-0.3, -0.25) is 9.78 Å². The number of amides is 1. The summed E-state index contributed by atoms with van der Waals surface area (Å²) in [4.78, 5) is 21.4. The van der Waals surface area contributed by atoms with Gasteiger partial charge in [-0.25, -0.2) is 4.98 Å². The fourth-order valence-electron chi connectivity index (χ4n) is 1.69. The number of carbonyl (C=O) groups excluding carboxylic acids is 1. The zero-order valence-corrected chi connectivity index (χ0v) is 10.3. The van der Waals surface area contributed by atoms with Crippen LogP contribution < -0.4 is 10.6 Å². The van der Waals surface area contributed by atoms with Crippen LogP contribution in [0.2, 0.25) is 0 Å². The molecule has 0 unspecified atom stereocenters. The van der Waals surface area contributed by atoms with E-state index in [1.165, 1.54) is 6.20 Å². The zero-order chi connectivity index (χ0) is 13.1. The number of pyridine rings is 2. The molecule has 0 atom stereocenters. The molecule has 0 aliphatic heterocycles. The van der Waals surface area contributed by atoms with Crippen LogP contribution in [0.4, 0.5) is 5.82 Å². The van der Waals surface area contributed by atoms with E-state index in [4.69, 9.17) is 5.73 Å². The number of primary amides is 1. The predicted molar refractivity (Wildman–Crippen MR) is 70.3 cm³/mol. The lowest BCUT2D eigenvalue weighted by Gasteiger charge is -2.16. The van der Waals surface area contributed by atoms with E-state index in [0.717, 1.165) is 16.9 Å². The number of carbonyl (C=O) groups is 1. The van der Waals surface area contributed by atoms with E-state index >= 15 is 0 Å². The van der Waals surface area contributed by atoms with Gasteiger partial charge in [0.25, 0.3) is 0 Å². The summed E-state index contributed by atoms with van der Waals surface area (Å²) in [6.07, 6.45) is 4.89. The maximum atomic E-state index is 11.2. The van der Waals surface area contributed by atoms with E-state index < -0.39 is 5.91 Å². The van der Waals surface area contributed by atoms with E-state index in [2.05, 4.69) is 9.97 Å². The van der Waals surface area contributed by atoms with Gasteiger partial charge in [0.2, 0.25) is 5.91 Å². The Bertz CT molecular complexity index is 566. The molecule has 0 aliphatic rings. The highest BCUT2D eigenvalue weighted by Crippen LogP contribution is 2.28. The lowest BCUT2D eigenvalue weighted by molar-refractivity contribution is 0.1000. The minimum atomic E-state index is -0.483. The lowest BCUT2D eigenvalue weighted by atomic mass is 10.1. The summed E-state index contributed by atoms with van der Waals surface area (Å²) in [5.74, 6) is 0.300. The molecular weight excluding hydrogens is 228 g/mol. The maximum Gasteiger partial charge on any atom is 0.250 e. The molecule has 2 rings (SSSR count). The second-order valence-corrected chi connectivity index (χ2v) is 4.09. The van der Waals surface area contributed by atoms with E-state index in [0.29, 0.717) is 5.56 Å². The van der Waals surface area contributed by atoms with Gasteiger partial charge < -0.3 is 10.6 Å². The van der Waals surface area contributed by atoms with Crippen molar-refractivity contribution in [1.29, 1.82) is 0 Å². The quantitative estimate of drug-likeness (QED) is 0.880. The van der Waals surface area contributed by atoms with Gasteiger partial charge in [-0.15, -0.1) is 0 Å². The number of hydrogen-bond acceptors (Lipinski definition) is 4. The monoisotopic (exact) mass is 242 g/mol. The Labute approximate surface area is 105 Å². The normalized spacial score (nSPS) is 10.1. The van der Waals surface area contributed by atoms with Gasteiger partial charge >= 0.3 is 0 Å². The molecule has 0 fully saturated rings. The van der Waals surface area contributed by atoms with Crippen LogP contribution >= 0.6 is 0 Å². The van der Waals surface area contributed by atoms with Gasteiger partial charge in [0.05, 0.1) is 5.56 Å². The summed E-state index contributed by atoms with van der Waals surface area (Å²) in [7, 11) is 3.80. The third-order valence-electron chi connectivity index (χ3n) is 2.57. The number of aromatic nitrogens is 2. The molecule has 5 heteroatoms. The summed E-state index contributed by atoms with van der Waals surface area (Å²) in [6.45, 7) is 0. The Hall–Kier alpha value is -2.43. The second kappa shape index (κ2) is 4.83. The molecule has 0 aromatic carbocycles. The minimum Gasteiger partial charge on any atom is -0.366 e. The topological polar surface area (TPSA) is 72.1 Å². The molecule has 92 valence electrons. The van der Waals surface area contributed by atoms with Gasteiger partial charge in [-0.2, -0.15) is 0 Å². The van der Waals surface area contributed by atoms with Crippen LogP contribution in [-0.4, -0.2) is 30.0 Å². The molecule has 2 N–H and O–H groups in total. The highest BCUT2D eigenvalue weighted by Gasteiger charge is 2.11. The lowest BCUT2D eigenvalue weighted by Crippen LogP contribution is -2.15. The van der Waals surface area contributed by atoms with Crippen molar-refractivity contribution in [1.82, 2.24) is 9.97 Å². The van der Waals surface area contributed by atoms with Crippen molar-refractivity contribution in [3.63, 3.8) is 0 Å². The van der Waals surface area contributed by atoms with Crippen LogP contribution in [0.25, 0.3) is 11.1 Å². The summed E-state index contributed by atoms with van der Waals surface area (Å²) in [6, 6.07) is 5.49. The van der Waals surface area contributed by atoms with Gasteiger partial charge in [0, 0.05) is 38.2 Å². The first kappa shape index (κ1) is 12.0. The molecule has 2 aromatic rings. The Morgan fingerprint density at radius 2 is 1.94 bits per heavy atom. The van der Waals surface area contributed by atoms with Gasteiger partial charge in [-0.1, -0.05) is 0 Å². The van der Waals surface area contributed by atoms with Crippen molar-refractivity contribution in [3.8, 4) is 11.1 Å². The predicted octanol–water partition coefficient (Wildman–Crippen LogP) is 1.31. The van der Waals surface area contributed by atoms with Crippen LogP contribution in [0.1, 0.15) is 10.4 Å². The van der Waals surface area contributed by atoms with E-state index in [-0.39, 0.29) is 0 Å². The molecule has 18 heavy (non-hydrogen) atoms. The first-order valence-corrected chi connectivity index (χ1v) is 5.47. The van der Waals surface area contributed by atoms with Crippen molar-refractivity contribution in [2.45, 2.75) is 0 Å². The fraction of sp³-hybridized carbons (Fsp3) is 0.154. The van der Waals surface area contributed by atoms with E-state index in [9.17, 15) is 4.79 Å². The van der Waals surface area contributed by atoms with Crippen molar-refractivity contribution in [3.05, 3.63) is 42.4 Å². The standard InChI is InChI=1S/C13H14N4O/c1-17(2)13-11(9-3-5-15-6-4-9)7-10(8-16-13)12(14)18/h3-8H,1-2H3,(H2,14,18). The van der Waals surface area contributed by atoms with Crippen LogP contribution in [-0.2, 0) is 0 Å². The smallest absolute Gasteiger partial charge is 0.250 e. The fourth-order valence-corrected chi connectivity index (χ4v) is 1.69. The van der Waals surface area contributed by atoms with Gasteiger partial charge in [0.1, 0.15) is 5.82 Å². The molecule has 0 radical (unpaired) electrons. The SMILES string of the molecule is CN(C)c1ncc(C(N)=O)cc1-c1ccncc1. The minimum absolute atomic E-state index is 0.396. The number of hydrogen-bond donors (Lipinski definition) is 1. The molecule has 5 nitrogen and oxygen atoms in total. The van der Waals surface area contributed by atoms with Crippen LogP contribution in [0.5, 0.6) is 0 Å². The van der Waals surface area contributed by atoms with Gasteiger partial charge in [-0.05, 0) is 23.8 Å². The third-order valence-corrected chi connectivity index (χ3v) is 2.57. The van der Waals surface area contributed by atoms with Crippen LogP contribution in [0, 0.1) is 0 Å². The largest absolute Gasteiger partial charge is 0.366 e. The molecular formula is C13H14N4O. The van der Waals surface area contributed by atoms with Crippen molar-refractivity contribution in [2.24, 2.45) is 5.73 Å². The molecule has 0 saturated heterocycles. The van der Waals surface area contributed by atoms with Crippen molar-refractivity contribution >= 4 is 11.7 Å². The van der Waals surface area contributed by atoms with Crippen LogP contribution in [0.15, 0.2) is 36.8 Å². The molecule has 0 aliphatic carbocycles. The van der Waals surface area contributed by atoms with Gasteiger partial charge in [0.15, 0.2) is 0 Å². The molecule has 2 aromatic heterocycles. The Morgan fingerprint density at radius 1 is 1.28 bits per heavy atom. The Kier molecular flexibility index (Phi) is 3.23. The summed E-state index contributed by atoms with van der Waals surface area (Å²) >= 11 is 0. The number of nitrogens with zero attached hydrogens (tertiary/aromatic N) is 3. The van der Waals surface area contributed by atoms with Crippen LogP contribution in [0.3, 0.4) is 0 Å². The number of rotatable bonds is 3. The molecule has 2 heterocycles. The average molecular weight is 242 g/mol. The zero-order valence-electron chi connectivity index (χ0n) is 10.3. The summed E-state index contributed by atoms with van der Waals surface area (Å²) in [5.41, 5.74) is 7.49. The summed E-state index contributed by atoms with van der Waals surface area (Å²) in [5, 5.41) is 0.